The third-order valence-corrected chi connectivity index (χ3v) is 11.3. The Morgan fingerprint density at radius 3 is 0.829 bits per heavy atom. The van der Waals surface area contributed by atoms with Crippen LogP contribution in [0.1, 0.15) is 194 Å². The fourth-order valence-corrected chi connectivity index (χ4v) is 6.96. The summed E-state index contributed by atoms with van der Waals surface area (Å²) in [6.07, 6.45) is 105. The zero-order chi connectivity index (χ0) is 54.8. The molecular formula is C71H104O5. The number of carbonyl (C=O) groups is 2. The average Bonchev–Trinajstić information content (AvgIpc) is 3.42. The number of ether oxygens (including phenoxy) is 2. The molecule has 0 aliphatic rings. The first-order chi connectivity index (χ1) is 37.6. The molecule has 418 valence electrons. The summed E-state index contributed by atoms with van der Waals surface area (Å²) in [5, 5.41) is 9.65. The Morgan fingerprint density at radius 2 is 0.539 bits per heavy atom. The van der Waals surface area contributed by atoms with Gasteiger partial charge in [-0.05, 0) is 148 Å². The molecule has 0 spiro atoms. The first-order valence-electron chi connectivity index (χ1n) is 29.3. The van der Waals surface area contributed by atoms with Crippen LogP contribution in [0, 0.1) is 0 Å². The van der Waals surface area contributed by atoms with Crippen LogP contribution in [0.5, 0.6) is 0 Å². The summed E-state index contributed by atoms with van der Waals surface area (Å²) in [5.41, 5.74) is 0. The van der Waals surface area contributed by atoms with Crippen molar-refractivity contribution in [3.63, 3.8) is 0 Å². The Kier molecular flexibility index (Phi) is 58.7. The second-order valence-electron chi connectivity index (χ2n) is 18.2. The number of esters is 2. The summed E-state index contributed by atoms with van der Waals surface area (Å²) in [4.78, 5) is 24.5. The third kappa shape index (κ3) is 60.8. The fourth-order valence-electron chi connectivity index (χ4n) is 6.96. The van der Waals surface area contributed by atoms with Crippen LogP contribution in [0.3, 0.4) is 0 Å². The monoisotopic (exact) mass is 1040 g/mol. The lowest BCUT2D eigenvalue weighted by atomic mass is 10.1. The fraction of sp³-hybridized carbons (Fsp3) is 0.465. The topological polar surface area (TPSA) is 72.8 Å². The number of hydrogen-bond donors (Lipinski definition) is 1. The van der Waals surface area contributed by atoms with Crippen molar-refractivity contribution >= 4 is 11.9 Å². The molecule has 5 nitrogen and oxygen atoms in total. The average molecular weight is 1040 g/mol. The van der Waals surface area contributed by atoms with Gasteiger partial charge >= 0.3 is 11.9 Å². The zero-order valence-electron chi connectivity index (χ0n) is 47.7. The highest BCUT2D eigenvalue weighted by molar-refractivity contribution is 5.70. The lowest BCUT2D eigenvalue weighted by molar-refractivity contribution is -0.161. The smallest absolute Gasteiger partial charge is 0.306 e. The molecule has 0 rings (SSSR count). The molecule has 0 aromatic rings. The number of unbranched alkanes of at least 4 members (excludes halogenated alkanes) is 6. The minimum absolute atomic E-state index is 0.121. The third-order valence-electron chi connectivity index (χ3n) is 11.3. The molecule has 0 saturated heterocycles. The van der Waals surface area contributed by atoms with Gasteiger partial charge in [-0.1, -0.05) is 252 Å². The highest BCUT2D eigenvalue weighted by Crippen LogP contribution is 2.10. The second kappa shape index (κ2) is 63.5. The van der Waals surface area contributed by atoms with Crippen LogP contribution >= 0.6 is 0 Å². The SMILES string of the molecule is CC/C=C\C/C=C\C/C=C\C/C=C\C/C=C\C/C=C\C/C=C\C/C=C\C/C=C\CCCCCCCC(=O)OC(CO)COC(=O)CCC/C=C\C/C=C\C/C=C\C/C=C\C/C=C\C/C=C\C/C=C\C/C=C\C/C=C\CC. The van der Waals surface area contributed by atoms with E-state index >= 15 is 0 Å². The molecule has 0 bridgehead atoms. The summed E-state index contributed by atoms with van der Waals surface area (Å²) < 4.78 is 10.6. The van der Waals surface area contributed by atoms with E-state index in [0.29, 0.717) is 12.8 Å². The van der Waals surface area contributed by atoms with Crippen molar-refractivity contribution in [2.45, 2.75) is 200 Å². The highest BCUT2D eigenvalue weighted by Gasteiger charge is 2.16. The van der Waals surface area contributed by atoms with Crippen LogP contribution in [0.25, 0.3) is 0 Å². The van der Waals surface area contributed by atoms with Gasteiger partial charge in [-0.2, -0.15) is 0 Å². The van der Waals surface area contributed by atoms with Gasteiger partial charge in [-0.15, -0.1) is 0 Å². The Morgan fingerprint density at radius 1 is 0.303 bits per heavy atom. The van der Waals surface area contributed by atoms with Gasteiger partial charge in [0, 0.05) is 12.8 Å². The first kappa shape index (κ1) is 70.2. The van der Waals surface area contributed by atoms with Crippen molar-refractivity contribution in [2.24, 2.45) is 0 Å². The van der Waals surface area contributed by atoms with Crippen LogP contribution < -0.4 is 0 Å². The van der Waals surface area contributed by atoms with E-state index in [2.05, 4.69) is 233 Å². The Labute approximate surface area is 465 Å². The van der Waals surface area contributed by atoms with Crippen molar-refractivity contribution in [1.29, 1.82) is 0 Å². The van der Waals surface area contributed by atoms with Crippen LogP contribution in [-0.4, -0.2) is 36.4 Å². The lowest BCUT2D eigenvalue weighted by Crippen LogP contribution is -2.28. The molecule has 0 saturated carbocycles. The number of allylic oxidation sites excluding steroid dienone is 36. The lowest BCUT2D eigenvalue weighted by Gasteiger charge is -2.15. The van der Waals surface area contributed by atoms with Gasteiger partial charge in [-0.25, -0.2) is 0 Å². The quantitative estimate of drug-likeness (QED) is 0.0373. The molecule has 0 fully saturated rings. The summed E-state index contributed by atoms with van der Waals surface area (Å²) in [5.74, 6) is -0.705. The van der Waals surface area contributed by atoms with E-state index < -0.39 is 6.10 Å². The van der Waals surface area contributed by atoms with Gasteiger partial charge in [0.1, 0.15) is 6.61 Å². The Hall–Kier alpha value is -5.78. The summed E-state index contributed by atoms with van der Waals surface area (Å²) in [6, 6.07) is 0. The molecule has 0 amide bonds. The van der Waals surface area contributed by atoms with Crippen LogP contribution in [0.4, 0.5) is 0 Å². The molecule has 1 atom stereocenters. The standard InChI is InChI=1S/C71H104O5/c1-3-5-7-9-11-13-15-17-19-21-23-25-27-29-31-33-34-35-36-38-40-42-44-46-48-50-52-54-56-58-60-62-64-66-71(74)76-69(67-72)68-75-70(73)65-63-61-59-57-55-53-51-49-47-45-43-41-39-37-32-30-28-26-24-22-20-18-16-14-12-10-8-6-4-2/h5-8,11-14,17-20,23-26,29-32,34-35,38-41,44-47,50-53,57,59,69,72H,3-4,9-10,15-16,21-22,27-28,33,36-37,42-43,48-49,54-56,58,60-68H2,1-2H3/b7-5-,8-6-,13-11-,14-12-,19-17-,20-18-,25-23-,26-24-,31-29-,32-30-,35-34-,40-38-,41-39-,46-44-,47-45-,52-50-,53-51-,59-57-. The molecule has 5 heteroatoms. The van der Waals surface area contributed by atoms with E-state index in [1.165, 1.54) is 0 Å². The molecule has 0 aromatic heterocycles. The van der Waals surface area contributed by atoms with Gasteiger partial charge in [0.05, 0.1) is 6.61 Å². The largest absolute Gasteiger partial charge is 0.462 e. The van der Waals surface area contributed by atoms with Crippen molar-refractivity contribution in [3.8, 4) is 0 Å². The van der Waals surface area contributed by atoms with Gasteiger partial charge in [-0.3, -0.25) is 9.59 Å². The van der Waals surface area contributed by atoms with Gasteiger partial charge in [0.25, 0.3) is 0 Å². The molecule has 1 unspecified atom stereocenters. The van der Waals surface area contributed by atoms with Crippen LogP contribution in [0.15, 0.2) is 219 Å². The van der Waals surface area contributed by atoms with Crippen molar-refractivity contribution < 1.29 is 24.2 Å². The van der Waals surface area contributed by atoms with E-state index in [1.807, 2.05) is 0 Å². The molecule has 0 aliphatic heterocycles. The van der Waals surface area contributed by atoms with E-state index in [-0.39, 0.29) is 31.6 Å². The van der Waals surface area contributed by atoms with Crippen LogP contribution in [-0.2, 0) is 19.1 Å². The van der Waals surface area contributed by atoms with Crippen LogP contribution in [0.2, 0.25) is 0 Å². The molecule has 0 aliphatic carbocycles. The van der Waals surface area contributed by atoms with E-state index in [9.17, 15) is 14.7 Å². The molecule has 0 heterocycles. The summed E-state index contributed by atoms with van der Waals surface area (Å²) in [7, 11) is 0. The predicted molar refractivity (Wildman–Crippen MR) is 333 cm³/mol. The molecule has 76 heavy (non-hydrogen) atoms. The normalized spacial score (nSPS) is 13.9. The maximum absolute atomic E-state index is 12.3. The van der Waals surface area contributed by atoms with Gasteiger partial charge < -0.3 is 14.6 Å². The molecular weight excluding hydrogens is 933 g/mol. The molecule has 1 N–H and O–H groups in total. The highest BCUT2D eigenvalue weighted by atomic mass is 16.6. The minimum Gasteiger partial charge on any atom is -0.462 e. The van der Waals surface area contributed by atoms with E-state index in [0.717, 1.165) is 161 Å². The van der Waals surface area contributed by atoms with Crippen molar-refractivity contribution in [3.05, 3.63) is 219 Å². The molecule has 0 radical (unpaired) electrons. The van der Waals surface area contributed by atoms with E-state index in [1.54, 1.807) is 0 Å². The Bertz CT molecular complexity index is 1890. The summed E-state index contributed by atoms with van der Waals surface area (Å²) in [6.45, 7) is 3.82. The van der Waals surface area contributed by atoms with Crippen molar-refractivity contribution in [2.75, 3.05) is 13.2 Å². The molecule has 0 aromatic carbocycles. The van der Waals surface area contributed by atoms with Crippen molar-refractivity contribution in [1.82, 2.24) is 0 Å². The van der Waals surface area contributed by atoms with Gasteiger partial charge in [0.2, 0.25) is 0 Å². The van der Waals surface area contributed by atoms with Gasteiger partial charge in [0.15, 0.2) is 6.10 Å². The Balaban J connectivity index is 3.76. The number of carbonyl (C=O) groups excluding carboxylic acids is 2. The van der Waals surface area contributed by atoms with E-state index in [4.69, 9.17) is 9.47 Å². The number of aliphatic hydroxyl groups excluding tert-OH is 1. The number of hydrogen-bond acceptors (Lipinski definition) is 5. The second-order valence-corrected chi connectivity index (χ2v) is 18.2. The maximum atomic E-state index is 12.3. The zero-order valence-corrected chi connectivity index (χ0v) is 47.7. The maximum Gasteiger partial charge on any atom is 0.306 e. The summed E-state index contributed by atoms with van der Waals surface area (Å²) >= 11 is 0. The predicted octanol–water partition coefficient (Wildman–Crippen LogP) is 20.4. The first-order valence-corrected chi connectivity index (χ1v) is 29.3. The number of aliphatic hydroxyl groups is 1. The number of rotatable bonds is 50. The minimum atomic E-state index is -0.827.